The first kappa shape index (κ1) is 18.9. The van der Waals surface area contributed by atoms with E-state index in [1.165, 1.54) is 23.9 Å². The Bertz CT molecular complexity index is 1190. The standard InChI is InChI=1S/C22H18N2O4S/c1-28-16-9-6-14(7-10-16)24-19-5-3-2-4-18(19)23-22(24)29-13-21(27)17-11-8-15(25)12-20(17)26/h2-12,25-26H,13H2,1H3. The maximum absolute atomic E-state index is 12.6. The van der Waals surface area contributed by atoms with Gasteiger partial charge in [-0.25, -0.2) is 4.98 Å². The number of methoxy groups -OCH3 is 1. The summed E-state index contributed by atoms with van der Waals surface area (Å²) in [7, 11) is 1.62. The molecule has 1 aromatic heterocycles. The van der Waals surface area contributed by atoms with Gasteiger partial charge in [0.1, 0.15) is 17.2 Å². The van der Waals surface area contributed by atoms with Crippen molar-refractivity contribution < 1.29 is 19.7 Å². The highest BCUT2D eigenvalue weighted by Gasteiger charge is 2.17. The third-order valence-electron chi connectivity index (χ3n) is 4.47. The zero-order valence-electron chi connectivity index (χ0n) is 15.6. The molecule has 0 bridgehead atoms. The lowest BCUT2D eigenvalue weighted by atomic mass is 10.1. The second-order valence-corrected chi connectivity index (χ2v) is 7.27. The van der Waals surface area contributed by atoms with Crippen LogP contribution in [-0.2, 0) is 0 Å². The van der Waals surface area contributed by atoms with Crippen LogP contribution in [0.4, 0.5) is 0 Å². The average Bonchev–Trinajstić information content (AvgIpc) is 3.10. The van der Waals surface area contributed by atoms with Gasteiger partial charge < -0.3 is 14.9 Å². The summed E-state index contributed by atoms with van der Waals surface area (Å²) >= 11 is 1.29. The van der Waals surface area contributed by atoms with Crippen LogP contribution in [0.1, 0.15) is 10.4 Å². The van der Waals surface area contributed by atoms with Crippen molar-refractivity contribution in [3.05, 3.63) is 72.3 Å². The summed E-state index contributed by atoms with van der Waals surface area (Å²) in [6, 6.07) is 19.3. The predicted molar refractivity (Wildman–Crippen MR) is 112 cm³/mol. The molecule has 4 rings (SSSR count). The molecule has 0 amide bonds. The van der Waals surface area contributed by atoms with Crippen molar-refractivity contribution in [3.63, 3.8) is 0 Å². The Morgan fingerprint density at radius 3 is 2.55 bits per heavy atom. The molecule has 0 aliphatic carbocycles. The molecule has 0 aliphatic rings. The number of thioether (sulfide) groups is 1. The Labute approximate surface area is 171 Å². The number of nitrogens with zero attached hydrogens (tertiary/aromatic N) is 2. The van der Waals surface area contributed by atoms with Gasteiger partial charge >= 0.3 is 0 Å². The first-order valence-electron chi connectivity index (χ1n) is 8.86. The summed E-state index contributed by atoms with van der Waals surface area (Å²) in [5.74, 6) is 0.274. The largest absolute Gasteiger partial charge is 0.508 e. The minimum absolute atomic E-state index is 0.0898. The number of ether oxygens (including phenoxy) is 1. The van der Waals surface area contributed by atoms with Crippen molar-refractivity contribution in [2.75, 3.05) is 12.9 Å². The molecule has 29 heavy (non-hydrogen) atoms. The van der Waals surface area contributed by atoms with E-state index in [0.717, 1.165) is 28.5 Å². The van der Waals surface area contributed by atoms with Crippen molar-refractivity contribution in [2.45, 2.75) is 5.16 Å². The summed E-state index contributed by atoms with van der Waals surface area (Å²) in [4.78, 5) is 17.3. The van der Waals surface area contributed by atoms with E-state index in [4.69, 9.17) is 4.74 Å². The van der Waals surface area contributed by atoms with Crippen molar-refractivity contribution in [1.29, 1.82) is 0 Å². The molecule has 0 atom stereocenters. The smallest absolute Gasteiger partial charge is 0.176 e. The highest BCUT2D eigenvalue weighted by molar-refractivity contribution is 7.99. The van der Waals surface area contributed by atoms with Crippen LogP contribution in [0, 0.1) is 0 Å². The molecular formula is C22H18N2O4S. The van der Waals surface area contributed by atoms with Crippen LogP contribution in [0.5, 0.6) is 17.2 Å². The number of fused-ring (bicyclic) bond motifs is 1. The van der Waals surface area contributed by atoms with Gasteiger partial charge in [0.2, 0.25) is 0 Å². The number of carbonyl (C=O) groups is 1. The number of benzene rings is 3. The number of hydrogen-bond donors (Lipinski definition) is 2. The Morgan fingerprint density at radius 1 is 1.07 bits per heavy atom. The topological polar surface area (TPSA) is 84.6 Å². The van der Waals surface area contributed by atoms with Crippen LogP contribution < -0.4 is 4.74 Å². The SMILES string of the molecule is COc1ccc(-n2c(SCC(=O)c3ccc(O)cc3O)nc3ccccc32)cc1. The van der Waals surface area contributed by atoms with E-state index in [-0.39, 0.29) is 28.6 Å². The van der Waals surface area contributed by atoms with Gasteiger partial charge in [0.25, 0.3) is 0 Å². The fraction of sp³-hybridized carbons (Fsp3) is 0.0909. The Morgan fingerprint density at radius 2 is 1.83 bits per heavy atom. The van der Waals surface area contributed by atoms with E-state index < -0.39 is 0 Å². The van der Waals surface area contributed by atoms with Gasteiger partial charge in [-0.2, -0.15) is 0 Å². The molecule has 4 aromatic rings. The molecule has 0 spiro atoms. The number of phenols is 2. The molecule has 146 valence electrons. The first-order chi connectivity index (χ1) is 14.1. The number of para-hydroxylation sites is 2. The lowest BCUT2D eigenvalue weighted by Crippen LogP contribution is -2.04. The number of phenolic OH excluding ortho intramolecular Hbond substituents is 2. The van der Waals surface area contributed by atoms with Gasteiger partial charge in [-0.1, -0.05) is 23.9 Å². The number of imidazole rings is 1. The molecule has 0 saturated heterocycles. The quantitative estimate of drug-likeness (QED) is 0.364. The summed E-state index contributed by atoms with van der Waals surface area (Å²) in [5.41, 5.74) is 2.83. The number of rotatable bonds is 6. The third-order valence-corrected chi connectivity index (χ3v) is 5.41. The van der Waals surface area contributed by atoms with Crippen LogP contribution in [0.3, 0.4) is 0 Å². The molecule has 0 aliphatic heterocycles. The second kappa shape index (κ2) is 7.89. The van der Waals surface area contributed by atoms with Gasteiger partial charge in [-0.05, 0) is 48.5 Å². The number of ketones is 1. The Kier molecular flexibility index (Phi) is 5.14. The van der Waals surface area contributed by atoms with E-state index >= 15 is 0 Å². The summed E-state index contributed by atoms with van der Waals surface area (Å²) in [6.07, 6.45) is 0. The summed E-state index contributed by atoms with van der Waals surface area (Å²) in [5, 5.41) is 20.0. The van der Waals surface area contributed by atoms with Crippen molar-refractivity contribution in [3.8, 4) is 22.9 Å². The number of Topliss-reactive ketones (excluding diaryl/α,β-unsaturated/α-hetero) is 1. The zero-order valence-corrected chi connectivity index (χ0v) is 16.4. The van der Waals surface area contributed by atoms with Crippen molar-refractivity contribution in [1.82, 2.24) is 9.55 Å². The molecule has 6 nitrogen and oxygen atoms in total. The average molecular weight is 406 g/mol. The van der Waals surface area contributed by atoms with Gasteiger partial charge in [0, 0.05) is 11.8 Å². The normalized spacial score (nSPS) is 10.9. The van der Waals surface area contributed by atoms with Gasteiger partial charge in [0.05, 0.1) is 29.5 Å². The van der Waals surface area contributed by atoms with E-state index in [1.54, 1.807) is 7.11 Å². The minimum Gasteiger partial charge on any atom is -0.508 e. The van der Waals surface area contributed by atoms with Crippen molar-refractivity contribution >= 4 is 28.6 Å². The maximum atomic E-state index is 12.6. The lowest BCUT2D eigenvalue weighted by molar-refractivity contribution is 0.102. The summed E-state index contributed by atoms with van der Waals surface area (Å²) < 4.78 is 7.23. The van der Waals surface area contributed by atoms with Gasteiger partial charge in [-0.3, -0.25) is 9.36 Å². The fourth-order valence-corrected chi connectivity index (χ4v) is 3.96. The fourth-order valence-electron chi connectivity index (χ4n) is 3.05. The van der Waals surface area contributed by atoms with Crippen LogP contribution in [0.15, 0.2) is 71.9 Å². The van der Waals surface area contributed by atoms with Crippen LogP contribution in [0.25, 0.3) is 16.7 Å². The van der Waals surface area contributed by atoms with E-state index in [0.29, 0.717) is 5.16 Å². The Balaban J connectivity index is 1.67. The molecule has 2 N–H and O–H groups in total. The van der Waals surface area contributed by atoms with Crippen LogP contribution >= 0.6 is 11.8 Å². The Hall–Kier alpha value is -3.45. The van der Waals surface area contributed by atoms with Crippen molar-refractivity contribution in [2.24, 2.45) is 0 Å². The first-order valence-corrected chi connectivity index (χ1v) is 9.85. The highest BCUT2D eigenvalue weighted by Crippen LogP contribution is 2.30. The van der Waals surface area contributed by atoms with E-state index in [1.807, 2.05) is 53.1 Å². The molecule has 0 fully saturated rings. The lowest BCUT2D eigenvalue weighted by Gasteiger charge is -2.10. The maximum Gasteiger partial charge on any atom is 0.176 e. The number of aromatic nitrogens is 2. The molecule has 7 heteroatoms. The highest BCUT2D eigenvalue weighted by atomic mass is 32.2. The predicted octanol–water partition coefficient (Wildman–Crippen LogP) is 4.42. The molecule has 1 heterocycles. The molecular weight excluding hydrogens is 388 g/mol. The van der Waals surface area contributed by atoms with Crippen LogP contribution in [0.2, 0.25) is 0 Å². The number of carbonyl (C=O) groups excluding carboxylic acids is 1. The van der Waals surface area contributed by atoms with E-state index in [9.17, 15) is 15.0 Å². The zero-order chi connectivity index (χ0) is 20.4. The molecule has 0 saturated carbocycles. The number of aromatic hydroxyl groups is 2. The van der Waals surface area contributed by atoms with Gasteiger partial charge in [0.15, 0.2) is 10.9 Å². The van der Waals surface area contributed by atoms with Crippen LogP contribution in [-0.4, -0.2) is 38.4 Å². The second-order valence-electron chi connectivity index (χ2n) is 6.33. The molecule has 0 radical (unpaired) electrons. The third kappa shape index (κ3) is 3.77. The summed E-state index contributed by atoms with van der Waals surface area (Å²) in [6.45, 7) is 0. The number of hydrogen-bond acceptors (Lipinski definition) is 6. The molecule has 3 aromatic carbocycles. The van der Waals surface area contributed by atoms with E-state index in [2.05, 4.69) is 4.98 Å². The van der Waals surface area contributed by atoms with Gasteiger partial charge in [-0.15, -0.1) is 0 Å². The molecule has 0 unspecified atom stereocenters. The monoisotopic (exact) mass is 406 g/mol. The minimum atomic E-state index is -0.249.